The predicted octanol–water partition coefficient (Wildman–Crippen LogP) is 2.35. The number of nitrogens with zero attached hydrogens (tertiary/aromatic N) is 2. The van der Waals surface area contributed by atoms with Crippen LogP contribution in [0.5, 0.6) is 0 Å². The Bertz CT molecular complexity index is 328. The van der Waals surface area contributed by atoms with Crippen molar-refractivity contribution >= 4 is 11.6 Å². The molecule has 5 heteroatoms. The van der Waals surface area contributed by atoms with E-state index in [1.165, 1.54) is 5.01 Å². The molecule has 1 atom stereocenters. The quantitative estimate of drug-likeness (QED) is 0.707. The fraction of sp³-hybridized carbons (Fsp3) is 0.333. The first-order valence-corrected chi connectivity index (χ1v) is 4.66. The van der Waals surface area contributed by atoms with Crippen LogP contribution in [0, 0.1) is 4.91 Å². The fourth-order valence-corrected chi connectivity index (χ4v) is 1.57. The maximum absolute atomic E-state index is 10.4. The molecule has 0 amide bonds. The van der Waals surface area contributed by atoms with Crippen molar-refractivity contribution in [3.8, 4) is 0 Å². The number of nitroso groups, excluding NO2 is 1. The molecule has 1 saturated heterocycles. The Hall–Kier alpha value is -1.13. The van der Waals surface area contributed by atoms with E-state index in [0.717, 1.165) is 5.56 Å². The number of halogens is 1. The van der Waals surface area contributed by atoms with Gasteiger partial charge in [-0.25, -0.2) is 5.01 Å². The van der Waals surface area contributed by atoms with Crippen molar-refractivity contribution in [2.75, 3.05) is 13.2 Å². The van der Waals surface area contributed by atoms with Gasteiger partial charge in [0.05, 0.1) is 18.4 Å². The third-order valence-electron chi connectivity index (χ3n) is 2.13. The molecule has 0 spiro atoms. The van der Waals surface area contributed by atoms with Crippen LogP contribution in [0.3, 0.4) is 0 Å². The number of ether oxygens (including phenoxy) is 1. The zero-order valence-corrected chi connectivity index (χ0v) is 8.15. The van der Waals surface area contributed by atoms with Crippen LogP contribution in [0.25, 0.3) is 0 Å². The molecule has 4 nitrogen and oxygen atoms in total. The van der Waals surface area contributed by atoms with Crippen LogP contribution >= 0.6 is 11.6 Å². The molecule has 74 valence electrons. The molecule has 1 unspecified atom stereocenters. The number of hydrogen-bond acceptors (Lipinski definition) is 3. The first kappa shape index (κ1) is 9.43. The zero-order chi connectivity index (χ0) is 9.97. The van der Waals surface area contributed by atoms with E-state index in [9.17, 15) is 4.91 Å². The van der Waals surface area contributed by atoms with E-state index in [0.29, 0.717) is 18.2 Å². The molecule has 0 saturated carbocycles. The van der Waals surface area contributed by atoms with Crippen LogP contribution in [-0.4, -0.2) is 18.2 Å². The molecule has 0 aliphatic carbocycles. The van der Waals surface area contributed by atoms with Gasteiger partial charge in [0.25, 0.3) is 0 Å². The van der Waals surface area contributed by atoms with Crippen molar-refractivity contribution < 1.29 is 4.74 Å². The third kappa shape index (κ3) is 1.71. The van der Waals surface area contributed by atoms with Gasteiger partial charge in [-0.15, -0.1) is 4.91 Å². The molecule has 1 aliphatic heterocycles. The van der Waals surface area contributed by atoms with Gasteiger partial charge in [-0.2, -0.15) is 0 Å². The molecular formula is C9H9ClN2O2. The van der Waals surface area contributed by atoms with E-state index in [4.69, 9.17) is 16.3 Å². The Kier molecular flexibility index (Phi) is 2.65. The summed E-state index contributed by atoms with van der Waals surface area (Å²) < 4.78 is 5.37. The molecule has 0 bridgehead atoms. The lowest BCUT2D eigenvalue weighted by atomic mass is 10.2. The molecule has 1 aromatic carbocycles. The minimum absolute atomic E-state index is 0.357. The monoisotopic (exact) mass is 212 g/mol. The molecule has 1 aromatic rings. The summed E-state index contributed by atoms with van der Waals surface area (Å²) in [6.07, 6.45) is -0.357. The van der Waals surface area contributed by atoms with Gasteiger partial charge < -0.3 is 4.74 Å². The van der Waals surface area contributed by atoms with Crippen molar-refractivity contribution in [3.63, 3.8) is 0 Å². The molecule has 1 fully saturated rings. The highest BCUT2D eigenvalue weighted by Crippen LogP contribution is 2.27. The van der Waals surface area contributed by atoms with E-state index in [1.807, 2.05) is 12.1 Å². The highest BCUT2D eigenvalue weighted by atomic mass is 35.5. The lowest BCUT2D eigenvalue weighted by Crippen LogP contribution is -2.16. The summed E-state index contributed by atoms with van der Waals surface area (Å²) in [5.41, 5.74) is 0.895. The lowest BCUT2D eigenvalue weighted by Gasteiger charge is -2.16. The minimum atomic E-state index is -0.357. The Morgan fingerprint density at radius 2 is 2.14 bits per heavy atom. The molecule has 0 N–H and O–H groups in total. The van der Waals surface area contributed by atoms with Crippen LogP contribution in [0.15, 0.2) is 29.6 Å². The van der Waals surface area contributed by atoms with E-state index in [2.05, 4.69) is 5.29 Å². The Morgan fingerprint density at radius 3 is 2.79 bits per heavy atom. The van der Waals surface area contributed by atoms with Gasteiger partial charge >= 0.3 is 0 Å². The van der Waals surface area contributed by atoms with Gasteiger partial charge in [0.15, 0.2) is 6.23 Å². The summed E-state index contributed by atoms with van der Waals surface area (Å²) in [5.74, 6) is 0. The predicted molar refractivity (Wildman–Crippen MR) is 52.6 cm³/mol. The topological polar surface area (TPSA) is 41.9 Å². The van der Waals surface area contributed by atoms with E-state index in [-0.39, 0.29) is 6.23 Å². The van der Waals surface area contributed by atoms with Crippen LogP contribution in [0.2, 0.25) is 5.02 Å². The minimum Gasteiger partial charge on any atom is -0.351 e. The second-order valence-electron chi connectivity index (χ2n) is 3.02. The van der Waals surface area contributed by atoms with Gasteiger partial charge in [0.2, 0.25) is 0 Å². The van der Waals surface area contributed by atoms with E-state index in [1.54, 1.807) is 12.1 Å². The molecule has 1 aliphatic rings. The number of benzene rings is 1. The van der Waals surface area contributed by atoms with Crippen LogP contribution in [0.4, 0.5) is 0 Å². The fourth-order valence-electron chi connectivity index (χ4n) is 1.44. The summed E-state index contributed by atoms with van der Waals surface area (Å²) in [6.45, 7) is 1.07. The van der Waals surface area contributed by atoms with Gasteiger partial charge in [-0.05, 0) is 12.1 Å². The summed E-state index contributed by atoms with van der Waals surface area (Å²) in [6, 6.07) is 7.19. The van der Waals surface area contributed by atoms with Crippen LogP contribution < -0.4 is 0 Å². The zero-order valence-electron chi connectivity index (χ0n) is 7.39. The number of hydrogen-bond donors (Lipinski definition) is 0. The molecule has 1 heterocycles. The van der Waals surface area contributed by atoms with Crippen molar-refractivity contribution in [1.82, 2.24) is 5.01 Å². The maximum Gasteiger partial charge on any atom is 0.174 e. The summed E-state index contributed by atoms with van der Waals surface area (Å²) in [7, 11) is 0. The van der Waals surface area contributed by atoms with Gasteiger partial charge in [0.1, 0.15) is 0 Å². The summed E-state index contributed by atoms with van der Waals surface area (Å²) in [5, 5.41) is 4.94. The highest BCUT2D eigenvalue weighted by Gasteiger charge is 2.26. The molecular weight excluding hydrogens is 204 g/mol. The standard InChI is InChI=1S/C9H9ClN2O2/c10-8-3-1-7(2-4-8)9-12(11-13)5-6-14-9/h1-4,9H,5-6H2. The van der Waals surface area contributed by atoms with Gasteiger partial charge in [0, 0.05) is 10.6 Å². The molecule has 0 aromatic heterocycles. The van der Waals surface area contributed by atoms with E-state index >= 15 is 0 Å². The molecule has 0 radical (unpaired) electrons. The SMILES string of the molecule is O=NN1CCOC1c1ccc(Cl)cc1. The first-order valence-electron chi connectivity index (χ1n) is 4.28. The Labute approximate surface area is 86.4 Å². The largest absolute Gasteiger partial charge is 0.351 e. The molecule has 2 rings (SSSR count). The first-order chi connectivity index (χ1) is 6.81. The second-order valence-corrected chi connectivity index (χ2v) is 3.46. The highest BCUT2D eigenvalue weighted by molar-refractivity contribution is 6.30. The average molecular weight is 213 g/mol. The van der Waals surface area contributed by atoms with Crippen molar-refractivity contribution in [2.24, 2.45) is 5.29 Å². The second kappa shape index (κ2) is 3.94. The average Bonchev–Trinajstić information content (AvgIpc) is 2.67. The smallest absolute Gasteiger partial charge is 0.174 e. The Balaban J connectivity index is 2.21. The summed E-state index contributed by atoms with van der Waals surface area (Å²) in [4.78, 5) is 10.4. The summed E-state index contributed by atoms with van der Waals surface area (Å²) >= 11 is 5.75. The van der Waals surface area contributed by atoms with E-state index < -0.39 is 0 Å². The van der Waals surface area contributed by atoms with Crippen molar-refractivity contribution in [3.05, 3.63) is 39.8 Å². The van der Waals surface area contributed by atoms with Crippen LogP contribution in [0.1, 0.15) is 11.8 Å². The van der Waals surface area contributed by atoms with Crippen LogP contribution in [-0.2, 0) is 4.74 Å². The lowest BCUT2D eigenvalue weighted by molar-refractivity contribution is 0.0330. The maximum atomic E-state index is 10.4. The van der Waals surface area contributed by atoms with Gasteiger partial charge in [-0.3, -0.25) is 0 Å². The van der Waals surface area contributed by atoms with Gasteiger partial charge in [-0.1, -0.05) is 23.7 Å². The Morgan fingerprint density at radius 1 is 1.43 bits per heavy atom. The van der Waals surface area contributed by atoms with Crippen molar-refractivity contribution in [2.45, 2.75) is 6.23 Å². The number of rotatable bonds is 2. The molecule has 14 heavy (non-hydrogen) atoms. The third-order valence-corrected chi connectivity index (χ3v) is 2.38. The van der Waals surface area contributed by atoms with Crippen molar-refractivity contribution in [1.29, 1.82) is 0 Å². The normalized spacial score (nSPS) is 21.2.